The van der Waals surface area contributed by atoms with Crippen LogP contribution in [0.1, 0.15) is 24.1 Å². The maximum absolute atomic E-state index is 11.1. The van der Waals surface area contributed by atoms with Crippen LogP contribution in [0.25, 0.3) is 0 Å². The van der Waals surface area contributed by atoms with Gasteiger partial charge in [-0.05, 0) is 24.1 Å². The van der Waals surface area contributed by atoms with Crippen molar-refractivity contribution in [2.24, 2.45) is 0 Å². The molecule has 3 nitrogen and oxygen atoms in total. The fourth-order valence-corrected chi connectivity index (χ4v) is 2.59. The number of hydrogen-bond donors (Lipinski definition) is 1. The van der Waals surface area contributed by atoms with Crippen LogP contribution in [0.2, 0.25) is 0 Å². The molecule has 3 heteroatoms. The van der Waals surface area contributed by atoms with Crippen molar-refractivity contribution in [3.8, 4) is 0 Å². The quantitative estimate of drug-likeness (QED) is 0.847. The summed E-state index contributed by atoms with van der Waals surface area (Å²) in [4.78, 5) is 13.1. The number of rotatable bonds is 7. The SMILES string of the molecule is CCN(CC(=O)O)C(Cc1ccccc1)c1ccccc1. The molecule has 0 aliphatic carbocycles. The Hall–Kier alpha value is -2.13. The van der Waals surface area contributed by atoms with Crippen molar-refractivity contribution in [1.29, 1.82) is 0 Å². The van der Waals surface area contributed by atoms with Gasteiger partial charge in [0.2, 0.25) is 0 Å². The molecule has 0 amide bonds. The van der Waals surface area contributed by atoms with Gasteiger partial charge in [-0.1, -0.05) is 67.6 Å². The average molecular weight is 283 g/mol. The van der Waals surface area contributed by atoms with Crippen molar-refractivity contribution in [2.75, 3.05) is 13.1 Å². The molecule has 0 bridgehead atoms. The van der Waals surface area contributed by atoms with E-state index in [4.69, 9.17) is 5.11 Å². The van der Waals surface area contributed by atoms with Crippen molar-refractivity contribution >= 4 is 5.97 Å². The van der Waals surface area contributed by atoms with Gasteiger partial charge in [0.1, 0.15) is 0 Å². The number of nitrogens with zero attached hydrogens (tertiary/aromatic N) is 1. The molecule has 0 aromatic heterocycles. The van der Waals surface area contributed by atoms with Crippen LogP contribution in [0.5, 0.6) is 0 Å². The molecule has 1 atom stereocenters. The molecule has 0 spiro atoms. The number of aliphatic carboxylic acids is 1. The topological polar surface area (TPSA) is 40.5 Å². The lowest BCUT2D eigenvalue weighted by Gasteiger charge is -2.30. The van der Waals surface area contributed by atoms with Crippen LogP contribution in [0.4, 0.5) is 0 Å². The standard InChI is InChI=1S/C18H21NO2/c1-2-19(14-18(20)21)17(16-11-7-4-8-12-16)13-15-9-5-3-6-10-15/h3-12,17H,2,13-14H2,1H3,(H,20,21). The molecule has 110 valence electrons. The van der Waals surface area contributed by atoms with Crippen LogP contribution in [0, 0.1) is 0 Å². The summed E-state index contributed by atoms with van der Waals surface area (Å²) in [6.45, 7) is 2.77. The van der Waals surface area contributed by atoms with Gasteiger partial charge in [-0.15, -0.1) is 0 Å². The Kier molecular flexibility index (Phi) is 5.52. The first-order valence-electron chi connectivity index (χ1n) is 7.25. The number of hydrogen-bond acceptors (Lipinski definition) is 2. The van der Waals surface area contributed by atoms with Crippen molar-refractivity contribution in [3.63, 3.8) is 0 Å². The lowest BCUT2D eigenvalue weighted by atomic mass is 9.97. The second kappa shape index (κ2) is 7.60. The van der Waals surface area contributed by atoms with Crippen LogP contribution >= 0.6 is 0 Å². The van der Waals surface area contributed by atoms with Gasteiger partial charge in [0.25, 0.3) is 0 Å². The van der Waals surface area contributed by atoms with Gasteiger partial charge in [0, 0.05) is 6.04 Å². The number of carbonyl (C=O) groups is 1. The Morgan fingerprint density at radius 3 is 2.14 bits per heavy atom. The summed E-state index contributed by atoms with van der Waals surface area (Å²) < 4.78 is 0. The van der Waals surface area contributed by atoms with Gasteiger partial charge in [-0.2, -0.15) is 0 Å². The number of carboxylic acid groups (broad SMARTS) is 1. The zero-order valence-electron chi connectivity index (χ0n) is 12.3. The smallest absolute Gasteiger partial charge is 0.317 e. The molecule has 0 saturated heterocycles. The summed E-state index contributed by atoms with van der Waals surface area (Å²) in [5, 5.41) is 9.14. The second-order valence-corrected chi connectivity index (χ2v) is 5.07. The number of carboxylic acids is 1. The summed E-state index contributed by atoms with van der Waals surface area (Å²) in [6, 6.07) is 20.4. The van der Waals surface area contributed by atoms with E-state index in [2.05, 4.69) is 24.3 Å². The summed E-state index contributed by atoms with van der Waals surface area (Å²) in [6.07, 6.45) is 0.811. The van der Waals surface area contributed by atoms with Crippen molar-refractivity contribution < 1.29 is 9.90 Å². The molecule has 0 radical (unpaired) electrons. The Labute approximate surface area is 125 Å². The van der Waals surface area contributed by atoms with E-state index < -0.39 is 5.97 Å². The van der Waals surface area contributed by atoms with Crippen molar-refractivity contribution in [3.05, 3.63) is 71.8 Å². The van der Waals surface area contributed by atoms with Crippen molar-refractivity contribution in [1.82, 2.24) is 4.90 Å². The predicted octanol–water partition coefficient (Wildman–Crippen LogP) is 3.38. The third kappa shape index (κ3) is 4.43. The van der Waals surface area contributed by atoms with Crippen LogP contribution in [0.15, 0.2) is 60.7 Å². The fraction of sp³-hybridized carbons (Fsp3) is 0.278. The maximum Gasteiger partial charge on any atom is 0.317 e. The minimum atomic E-state index is -0.786. The highest BCUT2D eigenvalue weighted by Gasteiger charge is 2.21. The summed E-state index contributed by atoms with van der Waals surface area (Å²) >= 11 is 0. The molecular weight excluding hydrogens is 262 g/mol. The van der Waals surface area contributed by atoms with E-state index in [9.17, 15) is 4.79 Å². The highest BCUT2D eigenvalue weighted by molar-refractivity contribution is 5.69. The van der Waals surface area contributed by atoms with E-state index in [0.717, 1.165) is 12.0 Å². The highest BCUT2D eigenvalue weighted by atomic mass is 16.4. The van der Waals surface area contributed by atoms with E-state index in [1.165, 1.54) is 5.56 Å². The lowest BCUT2D eigenvalue weighted by Crippen LogP contribution is -2.34. The summed E-state index contributed by atoms with van der Waals surface area (Å²) in [5.74, 6) is -0.786. The highest BCUT2D eigenvalue weighted by Crippen LogP contribution is 2.24. The maximum atomic E-state index is 11.1. The van der Waals surface area contributed by atoms with Crippen LogP contribution in [0.3, 0.4) is 0 Å². The lowest BCUT2D eigenvalue weighted by molar-refractivity contribution is -0.138. The van der Waals surface area contributed by atoms with Gasteiger partial charge in [-0.3, -0.25) is 9.69 Å². The van der Waals surface area contributed by atoms with Gasteiger partial charge in [0.05, 0.1) is 6.54 Å². The van der Waals surface area contributed by atoms with E-state index >= 15 is 0 Å². The zero-order chi connectivity index (χ0) is 15.1. The minimum absolute atomic E-state index is 0.0584. The average Bonchev–Trinajstić information content (AvgIpc) is 2.52. The zero-order valence-corrected chi connectivity index (χ0v) is 12.3. The fourth-order valence-electron chi connectivity index (χ4n) is 2.59. The predicted molar refractivity (Wildman–Crippen MR) is 84.2 cm³/mol. The molecule has 21 heavy (non-hydrogen) atoms. The van der Waals surface area contributed by atoms with E-state index in [1.807, 2.05) is 48.2 Å². The molecule has 0 aliphatic heterocycles. The molecular formula is C18H21NO2. The largest absolute Gasteiger partial charge is 0.480 e. The van der Waals surface area contributed by atoms with Gasteiger partial charge >= 0.3 is 5.97 Å². The first-order valence-corrected chi connectivity index (χ1v) is 7.25. The molecule has 0 fully saturated rings. The molecule has 2 aromatic carbocycles. The Morgan fingerprint density at radius 2 is 1.62 bits per heavy atom. The third-order valence-electron chi connectivity index (χ3n) is 3.64. The monoisotopic (exact) mass is 283 g/mol. The normalized spacial score (nSPS) is 12.3. The van der Waals surface area contributed by atoms with Crippen LogP contribution in [-0.2, 0) is 11.2 Å². The molecule has 2 rings (SSSR count). The molecule has 0 aliphatic rings. The van der Waals surface area contributed by atoms with Gasteiger partial charge in [0.15, 0.2) is 0 Å². The first-order chi connectivity index (χ1) is 10.2. The summed E-state index contributed by atoms with van der Waals surface area (Å²) in [7, 11) is 0. The van der Waals surface area contributed by atoms with Gasteiger partial charge < -0.3 is 5.11 Å². The Morgan fingerprint density at radius 1 is 1.05 bits per heavy atom. The summed E-state index contributed by atoms with van der Waals surface area (Å²) in [5.41, 5.74) is 2.37. The first kappa shape index (κ1) is 15.3. The van der Waals surface area contributed by atoms with Crippen molar-refractivity contribution in [2.45, 2.75) is 19.4 Å². The molecule has 0 heterocycles. The Balaban J connectivity index is 2.27. The molecule has 1 N–H and O–H groups in total. The van der Waals surface area contributed by atoms with Crippen LogP contribution in [-0.4, -0.2) is 29.1 Å². The Bertz CT molecular complexity index is 554. The van der Waals surface area contributed by atoms with Crippen LogP contribution < -0.4 is 0 Å². The third-order valence-corrected chi connectivity index (χ3v) is 3.64. The van der Waals surface area contributed by atoms with E-state index in [-0.39, 0.29) is 12.6 Å². The van der Waals surface area contributed by atoms with Gasteiger partial charge in [-0.25, -0.2) is 0 Å². The number of benzene rings is 2. The molecule has 2 aromatic rings. The second-order valence-electron chi connectivity index (χ2n) is 5.07. The molecule has 0 saturated carbocycles. The van der Waals surface area contributed by atoms with E-state index in [0.29, 0.717) is 6.54 Å². The van der Waals surface area contributed by atoms with E-state index in [1.54, 1.807) is 0 Å². The number of likely N-dealkylation sites (N-methyl/N-ethyl adjacent to an activating group) is 1. The molecule has 1 unspecified atom stereocenters. The minimum Gasteiger partial charge on any atom is -0.480 e.